The van der Waals surface area contributed by atoms with Gasteiger partial charge in [-0.3, -0.25) is 4.79 Å². The van der Waals surface area contributed by atoms with E-state index >= 15 is 0 Å². The van der Waals surface area contributed by atoms with Crippen LogP contribution in [0.4, 0.5) is 13.2 Å². The summed E-state index contributed by atoms with van der Waals surface area (Å²) in [6.45, 7) is 4.23. The molecule has 0 spiro atoms. The Morgan fingerprint density at radius 2 is 1.87 bits per heavy atom. The van der Waals surface area contributed by atoms with E-state index < -0.39 is 6.36 Å². The van der Waals surface area contributed by atoms with Gasteiger partial charge >= 0.3 is 6.36 Å². The van der Waals surface area contributed by atoms with E-state index in [4.69, 9.17) is 4.74 Å². The monoisotopic (exact) mass is 331 g/mol. The lowest BCUT2D eigenvalue weighted by Gasteiger charge is -2.28. The zero-order valence-electron chi connectivity index (χ0n) is 12.9. The molecule has 1 atom stereocenters. The Balaban J connectivity index is 1.98. The molecule has 1 aliphatic rings. The molecule has 7 heteroatoms. The molecule has 1 aromatic carbocycles. The van der Waals surface area contributed by atoms with E-state index in [9.17, 15) is 18.0 Å². The summed E-state index contributed by atoms with van der Waals surface area (Å²) >= 11 is 0. The van der Waals surface area contributed by atoms with Crippen LogP contribution in [0, 0.1) is 0 Å². The third kappa shape index (κ3) is 5.42. The van der Waals surface area contributed by atoms with Crippen molar-refractivity contribution in [2.75, 3.05) is 26.3 Å². The van der Waals surface area contributed by atoms with Gasteiger partial charge in [0.15, 0.2) is 0 Å². The topological polar surface area (TPSA) is 38.8 Å². The average Bonchev–Trinajstić information content (AvgIpc) is 2.52. The second-order valence-corrected chi connectivity index (χ2v) is 5.42. The number of hydrogen-bond donors (Lipinski definition) is 0. The number of hydrogen-bond acceptors (Lipinski definition) is 3. The van der Waals surface area contributed by atoms with E-state index in [2.05, 4.69) is 4.74 Å². The van der Waals surface area contributed by atoms with Crippen LogP contribution in [0.1, 0.15) is 31.2 Å². The highest BCUT2D eigenvalue weighted by Gasteiger charge is 2.31. The first-order valence-corrected chi connectivity index (χ1v) is 7.60. The molecule has 0 saturated carbocycles. The highest BCUT2D eigenvalue weighted by molar-refractivity contribution is 5.77. The summed E-state index contributed by atoms with van der Waals surface area (Å²) < 4.78 is 45.6. The van der Waals surface area contributed by atoms with Crippen molar-refractivity contribution in [1.82, 2.24) is 4.90 Å². The molecule has 1 heterocycles. The minimum atomic E-state index is -4.70. The van der Waals surface area contributed by atoms with E-state index in [1.165, 1.54) is 12.1 Å². The molecule has 1 fully saturated rings. The Labute approximate surface area is 133 Å². The number of benzene rings is 1. The predicted molar refractivity (Wildman–Crippen MR) is 78.2 cm³/mol. The maximum atomic E-state index is 12.3. The number of nitrogens with zero attached hydrogens (tertiary/aromatic N) is 1. The summed E-state index contributed by atoms with van der Waals surface area (Å²) in [6.07, 6.45) is -3.62. The SMILES string of the molecule is CCC(CC(=O)N1CCOCC1)c1ccc(OC(F)(F)F)cc1. The van der Waals surface area contributed by atoms with Crippen molar-refractivity contribution in [3.05, 3.63) is 29.8 Å². The Bertz CT molecular complexity index is 510. The van der Waals surface area contributed by atoms with Crippen LogP contribution in [-0.4, -0.2) is 43.5 Å². The Hall–Kier alpha value is -1.76. The standard InChI is InChI=1S/C16H20F3NO3/c1-2-12(11-15(21)20-7-9-22-10-8-20)13-3-5-14(6-4-13)23-16(17,18)19/h3-6,12H,2,7-11H2,1H3. The van der Waals surface area contributed by atoms with Gasteiger partial charge in [-0.25, -0.2) is 0 Å². The fourth-order valence-corrected chi connectivity index (χ4v) is 2.59. The minimum absolute atomic E-state index is 0.0229. The molecule has 0 aromatic heterocycles. The lowest BCUT2D eigenvalue weighted by Crippen LogP contribution is -2.41. The van der Waals surface area contributed by atoms with Crippen molar-refractivity contribution < 1.29 is 27.4 Å². The molecule has 0 N–H and O–H groups in total. The predicted octanol–water partition coefficient (Wildman–Crippen LogP) is 3.33. The van der Waals surface area contributed by atoms with Gasteiger partial charge in [0.05, 0.1) is 13.2 Å². The fraction of sp³-hybridized carbons (Fsp3) is 0.562. The summed E-state index contributed by atoms with van der Waals surface area (Å²) in [6, 6.07) is 5.74. The second-order valence-electron chi connectivity index (χ2n) is 5.42. The number of halogens is 3. The average molecular weight is 331 g/mol. The van der Waals surface area contributed by atoms with Crippen LogP contribution in [0.25, 0.3) is 0 Å². The van der Waals surface area contributed by atoms with Crippen molar-refractivity contribution in [1.29, 1.82) is 0 Å². The number of carbonyl (C=O) groups is 1. The van der Waals surface area contributed by atoms with Crippen LogP contribution in [-0.2, 0) is 9.53 Å². The summed E-state index contributed by atoms with van der Waals surface area (Å²) in [5.41, 5.74) is 0.837. The fourth-order valence-electron chi connectivity index (χ4n) is 2.59. The van der Waals surface area contributed by atoms with Crippen molar-refractivity contribution in [2.24, 2.45) is 0 Å². The molecule has 0 radical (unpaired) electrons. The van der Waals surface area contributed by atoms with E-state index in [1.54, 1.807) is 17.0 Å². The van der Waals surface area contributed by atoms with Crippen LogP contribution in [0.15, 0.2) is 24.3 Å². The van der Waals surface area contributed by atoms with E-state index in [1.807, 2.05) is 6.92 Å². The maximum absolute atomic E-state index is 12.3. The van der Waals surface area contributed by atoms with Crippen molar-refractivity contribution in [2.45, 2.75) is 32.0 Å². The van der Waals surface area contributed by atoms with E-state index in [0.717, 1.165) is 12.0 Å². The molecule has 4 nitrogen and oxygen atoms in total. The van der Waals surface area contributed by atoms with Gasteiger partial charge in [-0.1, -0.05) is 19.1 Å². The molecule has 1 aromatic rings. The zero-order chi connectivity index (χ0) is 16.9. The molecule has 2 rings (SSSR count). The van der Waals surface area contributed by atoms with Gasteiger partial charge in [0.1, 0.15) is 5.75 Å². The maximum Gasteiger partial charge on any atom is 0.573 e. The van der Waals surface area contributed by atoms with Crippen LogP contribution in [0.3, 0.4) is 0 Å². The minimum Gasteiger partial charge on any atom is -0.406 e. The van der Waals surface area contributed by atoms with E-state index in [0.29, 0.717) is 32.7 Å². The van der Waals surface area contributed by atoms with E-state index in [-0.39, 0.29) is 17.6 Å². The molecule has 1 unspecified atom stereocenters. The van der Waals surface area contributed by atoms with Crippen molar-refractivity contribution in [3.8, 4) is 5.75 Å². The first-order chi connectivity index (χ1) is 10.9. The summed E-state index contributed by atoms with van der Waals surface area (Å²) in [5.74, 6) is -0.225. The van der Waals surface area contributed by atoms with Crippen LogP contribution in [0.5, 0.6) is 5.75 Å². The number of morpholine rings is 1. The van der Waals surface area contributed by atoms with Crippen LogP contribution >= 0.6 is 0 Å². The van der Waals surface area contributed by atoms with Gasteiger partial charge in [-0.2, -0.15) is 0 Å². The highest BCUT2D eigenvalue weighted by Crippen LogP contribution is 2.28. The smallest absolute Gasteiger partial charge is 0.406 e. The van der Waals surface area contributed by atoms with Gasteiger partial charge in [0.2, 0.25) is 5.91 Å². The molecule has 23 heavy (non-hydrogen) atoms. The van der Waals surface area contributed by atoms with Crippen molar-refractivity contribution >= 4 is 5.91 Å². The van der Waals surface area contributed by atoms with Crippen LogP contribution < -0.4 is 4.74 Å². The number of amides is 1. The molecular formula is C16H20F3NO3. The third-order valence-corrected chi connectivity index (χ3v) is 3.86. The third-order valence-electron chi connectivity index (χ3n) is 3.86. The molecule has 1 saturated heterocycles. The van der Waals surface area contributed by atoms with Gasteiger partial charge in [0.25, 0.3) is 0 Å². The molecule has 1 aliphatic heterocycles. The Kier molecular flexibility index (Phi) is 5.87. The largest absolute Gasteiger partial charge is 0.573 e. The molecular weight excluding hydrogens is 311 g/mol. The Morgan fingerprint density at radius 1 is 1.26 bits per heavy atom. The summed E-state index contributed by atoms with van der Waals surface area (Å²) in [4.78, 5) is 14.1. The van der Waals surface area contributed by atoms with Crippen LogP contribution in [0.2, 0.25) is 0 Å². The number of alkyl halides is 3. The summed E-state index contributed by atoms with van der Waals surface area (Å²) in [7, 11) is 0. The first kappa shape index (κ1) is 17.6. The van der Waals surface area contributed by atoms with Gasteiger partial charge in [-0.15, -0.1) is 13.2 Å². The van der Waals surface area contributed by atoms with Gasteiger partial charge in [-0.05, 0) is 30.0 Å². The number of carbonyl (C=O) groups excluding carboxylic acids is 1. The highest BCUT2D eigenvalue weighted by atomic mass is 19.4. The first-order valence-electron chi connectivity index (χ1n) is 7.60. The number of rotatable bonds is 5. The molecule has 1 amide bonds. The second kappa shape index (κ2) is 7.68. The van der Waals surface area contributed by atoms with Gasteiger partial charge in [0, 0.05) is 19.5 Å². The normalized spacial score (nSPS) is 17.0. The molecule has 0 aliphatic carbocycles. The molecule has 128 valence electrons. The quantitative estimate of drug-likeness (QED) is 0.831. The van der Waals surface area contributed by atoms with Gasteiger partial charge < -0.3 is 14.4 Å². The zero-order valence-corrected chi connectivity index (χ0v) is 12.9. The number of ether oxygens (including phenoxy) is 2. The Morgan fingerprint density at radius 3 is 2.39 bits per heavy atom. The lowest BCUT2D eigenvalue weighted by atomic mass is 9.92. The lowest BCUT2D eigenvalue weighted by molar-refractivity contribution is -0.274. The molecule has 0 bridgehead atoms. The van der Waals surface area contributed by atoms with Crippen molar-refractivity contribution in [3.63, 3.8) is 0 Å². The summed E-state index contributed by atoms with van der Waals surface area (Å²) in [5, 5.41) is 0.